The van der Waals surface area contributed by atoms with E-state index in [1.54, 1.807) is 17.0 Å². The molecule has 3 aromatic rings. The van der Waals surface area contributed by atoms with Crippen LogP contribution in [0.2, 0.25) is 0 Å². The van der Waals surface area contributed by atoms with Crippen LogP contribution in [-0.2, 0) is 0 Å². The first-order valence-electron chi connectivity index (χ1n) is 9.03. The van der Waals surface area contributed by atoms with E-state index in [1.165, 1.54) is 6.26 Å². The van der Waals surface area contributed by atoms with Crippen LogP contribution in [0.3, 0.4) is 0 Å². The molecule has 3 heterocycles. The van der Waals surface area contributed by atoms with Crippen molar-refractivity contribution in [2.75, 3.05) is 26.2 Å². The number of aromatic nitrogens is 1. The fourth-order valence-corrected chi connectivity index (χ4v) is 3.49. The summed E-state index contributed by atoms with van der Waals surface area (Å²) in [4.78, 5) is 33.6. The molecule has 6 nitrogen and oxygen atoms in total. The van der Waals surface area contributed by atoms with E-state index >= 15 is 0 Å². The Morgan fingerprint density at radius 1 is 0.963 bits per heavy atom. The third kappa shape index (κ3) is 3.30. The minimum Gasteiger partial charge on any atom is -0.459 e. The zero-order valence-corrected chi connectivity index (χ0v) is 15.4. The molecule has 1 aliphatic rings. The Kier molecular flexibility index (Phi) is 4.39. The monoisotopic (exact) mass is 363 g/mol. The molecule has 2 aromatic heterocycles. The number of hydrogen-bond acceptors (Lipinski definition) is 4. The molecule has 0 saturated carbocycles. The van der Waals surface area contributed by atoms with E-state index in [0.717, 1.165) is 22.2 Å². The number of furan rings is 1. The van der Waals surface area contributed by atoms with E-state index in [2.05, 4.69) is 4.98 Å². The van der Waals surface area contributed by atoms with Crippen molar-refractivity contribution < 1.29 is 14.0 Å². The predicted octanol–water partition coefficient (Wildman–Crippen LogP) is 3.04. The zero-order chi connectivity index (χ0) is 19.0. The number of benzene rings is 1. The summed E-state index contributed by atoms with van der Waals surface area (Å²) in [6.07, 6.45) is 1.49. The van der Waals surface area contributed by atoms with Gasteiger partial charge in [0.2, 0.25) is 0 Å². The Balaban J connectivity index is 1.54. The van der Waals surface area contributed by atoms with E-state index < -0.39 is 0 Å². The van der Waals surface area contributed by atoms with Crippen LogP contribution in [0.4, 0.5) is 0 Å². The van der Waals surface area contributed by atoms with Gasteiger partial charge in [-0.25, -0.2) is 0 Å². The molecule has 6 heteroatoms. The Morgan fingerprint density at radius 2 is 1.67 bits per heavy atom. The smallest absolute Gasteiger partial charge is 0.289 e. The van der Waals surface area contributed by atoms with Crippen LogP contribution in [0.1, 0.15) is 32.2 Å². The van der Waals surface area contributed by atoms with Gasteiger partial charge in [-0.3, -0.25) is 14.6 Å². The van der Waals surface area contributed by atoms with Crippen molar-refractivity contribution >= 4 is 22.7 Å². The first-order chi connectivity index (χ1) is 13.0. The third-order valence-corrected chi connectivity index (χ3v) is 4.91. The minimum atomic E-state index is -0.132. The van der Waals surface area contributed by atoms with Crippen molar-refractivity contribution in [2.24, 2.45) is 0 Å². The lowest BCUT2D eigenvalue weighted by Gasteiger charge is -2.34. The topological polar surface area (TPSA) is 66.7 Å². The fourth-order valence-electron chi connectivity index (χ4n) is 3.49. The first-order valence-corrected chi connectivity index (χ1v) is 9.03. The number of nitrogens with zero attached hydrogens (tertiary/aromatic N) is 3. The largest absolute Gasteiger partial charge is 0.459 e. The van der Waals surface area contributed by atoms with Gasteiger partial charge in [0, 0.05) is 37.3 Å². The van der Waals surface area contributed by atoms with Gasteiger partial charge in [0.1, 0.15) is 0 Å². The van der Waals surface area contributed by atoms with E-state index in [-0.39, 0.29) is 11.8 Å². The molecule has 1 aromatic carbocycles. The normalized spacial score (nSPS) is 14.6. The van der Waals surface area contributed by atoms with Gasteiger partial charge in [-0.1, -0.05) is 11.6 Å². The maximum absolute atomic E-state index is 13.2. The molecule has 138 valence electrons. The quantitative estimate of drug-likeness (QED) is 0.702. The highest BCUT2D eigenvalue weighted by Gasteiger charge is 2.27. The summed E-state index contributed by atoms with van der Waals surface area (Å²) >= 11 is 0. The maximum Gasteiger partial charge on any atom is 0.289 e. The molecular weight excluding hydrogens is 342 g/mol. The van der Waals surface area contributed by atoms with Crippen LogP contribution in [0.15, 0.2) is 47.1 Å². The molecular formula is C21H21N3O3. The number of rotatable bonds is 2. The highest BCUT2D eigenvalue weighted by Crippen LogP contribution is 2.22. The fraction of sp³-hybridized carbons (Fsp3) is 0.286. The number of carbonyl (C=O) groups excluding carboxylic acids is 2. The number of fused-ring (bicyclic) bond motifs is 1. The van der Waals surface area contributed by atoms with E-state index in [1.807, 2.05) is 43.0 Å². The second-order valence-corrected chi connectivity index (χ2v) is 6.89. The van der Waals surface area contributed by atoms with Gasteiger partial charge in [-0.15, -0.1) is 0 Å². The molecule has 4 rings (SSSR count). The summed E-state index contributed by atoms with van der Waals surface area (Å²) < 4.78 is 5.19. The van der Waals surface area contributed by atoms with Gasteiger partial charge >= 0.3 is 0 Å². The summed E-state index contributed by atoms with van der Waals surface area (Å²) in [5.74, 6) is 0.190. The SMILES string of the molecule is Cc1ccc2nc(C)cc(C(=O)N3CCN(C(=O)c4ccco4)CC3)c2c1. The number of carbonyl (C=O) groups is 2. The van der Waals surface area contributed by atoms with E-state index in [9.17, 15) is 9.59 Å². The average molecular weight is 363 g/mol. The van der Waals surface area contributed by atoms with Crippen LogP contribution >= 0.6 is 0 Å². The minimum absolute atomic E-state index is 0.0128. The van der Waals surface area contributed by atoms with Crippen molar-refractivity contribution in [1.29, 1.82) is 0 Å². The number of piperazine rings is 1. The van der Waals surface area contributed by atoms with Crippen LogP contribution in [-0.4, -0.2) is 52.8 Å². The van der Waals surface area contributed by atoms with Gasteiger partial charge in [-0.05, 0) is 44.2 Å². The second kappa shape index (κ2) is 6.87. The van der Waals surface area contributed by atoms with E-state index in [4.69, 9.17) is 4.42 Å². The molecule has 0 unspecified atom stereocenters. The highest BCUT2D eigenvalue weighted by atomic mass is 16.3. The Bertz CT molecular complexity index is 1000. The molecule has 0 bridgehead atoms. The first kappa shape index (κ1) is 17.3. The predicted molar refractivity (Wildman–Crippen MR) is 102 cm³/mol. The Morgan fingerprint density at radius 3 is 2.33 bits per heavy atom. The van der Waals surface area contributed by atoms with Gasteiger partial charge in [0.05, 0.1) is 17.3 Å². The number of pyridine rings is 1. The summed E-state index contributed by atoms with van der Waals surface area (Å²) in [6, 6.07) is 11.2. The highest BCUT2D eigenvalue weighted by molar-refractivity contribution is 6.06. The molecule has 1 aliphatic heterocycles. The van der Waals surface area contributed by atoms with Gasteiger partial charge in [-0.2, -0.15) is 0 Å². The molecule has 0 spiro atoms. The summed E-state index contributed by atoms with van der Waals surface area (Å²) in [5, 5.41) is 0.875. The Hall–Kier alpha value is -3.15. The third-order valence-electron chi connectivity index (χ3n) is 4.91. The summed E-state index contributed by atoms with van der Waals surface area (Å²) in [7, 11) is 0. The van der Waals surface area contributed by atoms with Crippen LogP contribution in [0, 0.1) is 13.8 Å². The number of aryl methyl sites for hydroxylation is 2. The molecule has 1 saturated heterocycles. The summed E-state index contributed by atoms with van der Waals surface area (Å²) in [6.45, 7) is 5.89. The lowest BCUT2D eigenvalue weighted by molar-refractivity contribution is 0.0519. The van der Waals surface area contributed by atoms with Crippen molar-refractivity contribution in [3.05, 3.63) is 65.2 Å². The number of amides is 2. The number of hydrogen-bond donors (Lipinski definition) is 0. The van der Waals surface area contributed by atoms with Crippen molar-refractivity contribution in [1.82, 2.24) is 14.8 Å². The molecule has 0 radical (unpaired) electrons. The van der Waals surface area contributed by atoms with Crippen molar-refractivity contribution in [3.63, 3.8) is 0 Å². The lowest BCUT2D eigenvalue weighted by atomic mass is 10.0. The molecule has 0 aliphatic carbocycles. The Labute approximate surface area is 157 Å². The van der Waals surface area contributed by atoms with Crippen LogP contribution < -0.4 is 0 Å². The van der Waals surface area contributed by atoms with Gasteiger partial charge < -0.3 is 14.2 Å². The molecule has 1 fully saturated rings. The summed E-state index contributed by atoms with van der Waals surface area (Å²) in [5.41, 5.74) is 3.42. The zero-order valence-electron chi connectivity index (χ0n) is 15.4. The average Bonchev–Trinajstić information content (AvgIpc) is 3.21. The maximum atomic E-state index is 13.2. The molecule has 0 N–H and O–H groups in total. The molecule has 27 heavy (non-hydrogen) atoms. The standard InChI is InChI=1S/C21H21N3O3/c1-14-5-6-18-16(12-14)17(13-15(2)22-18)20(25)23-7-9-24(10-8-23)21(26)19-4-3-11-27-19/h3-6,11-13H,7-10H2,1-2H3. The van der Waals surface area contributed by atoms with Crippen LogP contribution in [0.5, 0.6) is 0 Å². The van der Waals surface area contributed by atoms with Crippen LogP contribution in [0.25, 0.3) is 10.9 Å². The lowest BCUT2D eigenvalue weighted by Crippen LogP contribution is -2.50. The van der Waals surface area contributed by atoms with Crippen molar-refractivity contribution in [3.8, 4) is 0 Å². The van der Waals surface area contributed by atoms with Crippen molar-refractivity contribution in [2.45, 2.75) is 13.8 Å². The molecule has 2 amide bonds. The van der Waals surface area contributed by atoms with Gasteiger partial charge in [0.25, 0.3) is 11.8 Å². The van der Waals surface area contributed by atoms with E-state index in [0.29, 0.717) is 37.5 Å². The molecule has 0 atom stereocenters. The van der Waals surface area contributed by atoms with Gasteiger partial charge in [0.15, 0.2) is 5.76 Å². The second-order valence-electron chi connectivity index (χ2n) is 6.89.